The first-order chi connectivity index (χ1) is 14.6. The van der Waals surface area contributed by atoms with Gasteiger partial charge in [0.25, 0.3) is 5.91 Å². The first-order valence-electron chi connectivity index (χ1n) is 9.79. The molecule has 1 aliphatic heterocycles. The van der Waals surface area contributed by atoms with Crippen LogP contribution in [-0.2, 0) is 13.2 Å². The number of thiophene rings is 1. The summed E-state index contributed by atoms with van der Waals surface area (Å²) in [5.74, 6) is 0.741. The van der Waals surface area contributed by atoms with Crippen LogP contribution in [0.2, 0.25) is 10.0 Å². The molecule has 0 aliphatic carbocycles. The van der Waals surface area contributed by atoms with Crippen LogP contribution in [0.25, 0.3) is 0 Å². The van der Waals surface area contributed by atoms with Crippen molar-refractivity contribution in [3.8, 4) is 5.75 Å². The highest BCUT2D eigenvalue weighted by Gasteiger charge is 2.23. The van der Waals surface area contributed by atoms with Gasteiger partial charge in [-0.3, -0.25) is 9.69 Å². The number of benzene rings is 2. The van der Waals surface area contributed by atoms with Crippen LogP contribution in [0.3, 0.4) is 0 Å². The fourth-order valence-electron chi connectivity index (χ4n) is 3.40. The van der Waals surface area contributed by atoms with Crippen LogP contribution in [0.15, 0.2) is 60.0 Å². The van der Waals surface area contributed by atoms with Gasteiger partial charge in [-0.2, -0.15) is 0 Å². The molecule has 0 saturated carbocycles. The molecule has 2 aromatic carbocycles. The van der Waals surface area contributed by atoms with Crippen LogP contribution >= 0.6 is 34.5 Å². The fraction of sp³-hybridized carbons (Fsp3) is 0.261. The largest absolute Gasteiger partial charge is 0.487 e. The van der Waals surface area contributed by atoms with Crippen molar-refractivity contribution in [1.29, 1.82) is 0 Å². The first-order valence-corrected chi connectivity index (χ1v) is 11.4. The van der Waals surface area contributed by atoms with Crippen LogP contribution in [0.1, 0.15) is 20.8 Å². The molecule has 0 spiro atoms. The molecule has 0 radical (unpaired) electrons. The molecule has 1 amide bonds. The van der Waals surface area contributed by atoms with Crippen molar-refractivity contribution < 1.29 is 9.53 Å². The number of para-hydroxylation sites is 1. The van der Waals surface area contributed by atoms with E-state index in [1.807, 2.05) is 46.7 Å². The molecule has 3 aromatic rings. The predicted molar refractivity (Wildman–Crippen MR) is 123 cm³/mol. The van der Waals surface area contributed by atoms with Gasteiger partial charge in [0, 0.05) is 43.3 Å². The van der Waals surface area contributed by atoms with Crippen LogP contribution in [0.5, 0.6) is 5.75 Å². The molecular weight excluding hydrogens is 439 g/mol. The standard InChI is InChI=1S/C23H22Cl2N2O2S/c24-19-7-5-17(6-8-19)14-26-9-11-27(12-10-26)23(28)22-13-18(16-30-22)15-29-21-4-2-1-3-20(21)25/h1-8,13,16H,9-12,14-15H2. The number of hydrogen-bond acceptors (Lipinski definition) is 4. The van der Waals surface area contributed by atoms with Crippen LogP contribution < -0.4 is 4.74 Å². The second kappa shape index (κ2) is 9.84. The van der Waals surface area contributed by atoms with Crippen molar-refractivity contribution in [3.63, 3.8) is 0 Å². The third kappa shape index (κ3) is 5.35. The van der Waals surface area contributed by atoms with E-state index in [2.05, 4.69) is 17.0 Å². The first kappa shape index (κ1) is 21.2. The minimum Gasteiger partial charge on any atom is -0.487 e. The van der Waals surface area contributed by atoms with Gasteiger partial charge in [-0.1, -0.05) is 47.5 Å². The lowest BCUT2D eigenvalue weighted by Gasteiger charge is -2.34. The number of piperazine rings is 1. The van der Waals surface area contributed by atoms with Gasteiger partial charge >= 0.3 is 0 Å². The van der Waals surface area contributed by atoms with E-state index in [0.29, 0.717) is 17.4 Å². The normalized spacial score (nSPS) is 14.7. The van der Waals surface area contributed by atoms with Gasteiger partial charge in [-0.05, 0) is 41.3 Å². The van der Waals surface area contributed by atoms with Crippen molar-refractivity contribution in [1.82, 2.24) is 9.80 Å². The molecule has 0 bridgehead atoms. The molecule has 1 aliphatic rings. The summed E-state index contributed by atoms with van der Waals surface area (Å²) in [5.41, 5.74) is 2.21. The number of amides is 1. The van der Waals surface area contributed by atoms with Gasteiger partial charge in [-0.25, -0.2) is 0 Å². The molecule has 0 N–H and O–H groups in total. The lowest BCUT2D eigenvalue weighted by Crippen LogP contribution is -2.48. The number of halogens is 2. The Balaban J connectivity index is 1.28. The Morgan fingerprint density at radius 2 is 1.70 bits per heavy atom. The highest BCUT2D eigenvalue weighted by Crippen LogP contribution is 2.25. The van der Waals surface area contributed by atoms with E-state index in [0.717, 1.165) is 48.2 Å². The molecule has 7 heteroatoms. The summed E-state index contributed by atoms with van der Waals surface area (Å²) < 4.78 is 5.77. The Morgan fingerprint density at radius 1 is 0.967 bits per heavy atom. The zero-order valence-electron chi connectivity index (χ0n) is 16.4. The van der Waals surface area contributed by atoms with E-state index < -0.39 is 0 Å². The Labute approximate surface area is 190 Å². The third-order valence-corrected chi connectivity index (χ3v) is 6.61. The minimum absolute atomic E-state index is 0.0927. The summed E-state index contributed by atoms with van der Waals surface area (Å²) in [6, 6.07) is 17.2. The summed E-state index contributed by atoms with van der Waals surface area (Å²) >= 11 is 13.5. The van der Waals surface area contributed by atoms with Crippen LogP contribution in [-0.4, -0.2) is 41.9 Å². The SMILES string of the molecule is O=C(c1cc(COc2ccccc2Cl)cs1)N1CCN(Cc2ccc(Cl)cc2)CC1. The number of carbonyl (C=O) groups excluding carboxylic acids is 1. The van der Waals surface area contributed by atoms with Crippen molar-refractivity contribution in [2.75, 3.05) is 26.2 Å². The molecule has 1 saturated heterocycles. The Morgan fingerprint density at radius 3 is 2.43 bits per heavy atom. The van der Waals surface area contributed by atoms with Crippen molar-refractivity contribution >= 4 is 40.4 Å². The zero-order valence-corrected chi connectivity index (χ0v) is 18.7. The number of carbonyl (C=O) groups is 1. The van der Waals surface area contributed by atoms with Crippen molar-refractivity contribution in [3.05, 3.63) is 86.0 Å². The Hall–Kier alpha value is -2.05. The molecule has 2 heterocycles. The third-order valence-electron chi connectivity index (χ3n) is 5.07. The van der Waals surface area contributed by atoms with Crippen LogP contribution in [0.4, 0.5) is 0 Å². The minimum atomic E-state index is 0.0927. The van der Waals surface area contributed by atoms with Gasteiger partial charge in [0.1, 0.15) is 12.4 Å². The van der Waals surface area contributed by atoms with E-state index in [4.69, 9.17) is 27.9 Å². The number of nitrogens with zero attached hydrogens (tertiary/aromatic N) is 2. The average Bonchev–Trinajstić information content (AvgIpc) is 3.24. The van der Waals surface area contributed by atoms with Gasteiger partial charge in [0.15, 0.2) is 0 Å². The summed E-state index contributed by atoms with van der Waals surface area (Å²) in [6.07, 6.45) is 0. The molecular formula is C23H22Cl2N2O2S. The van der Waals surface area contributed by atoms with Crippen molar-refractivity contribution in [2.45, 2.75) is 13.2 Å². The van der Waals surface area contributed by atoms with Crippen molar-refractivity contribution in [2.24, 2.45) is 0 Å². The maximum atomic E-state index is 12.9. The predicted octanol–water partition coefficient (Wildman–Crippen LogP) is 5.59. The highest BCUT2D eigenvalue weighted by molar-refractivity contribution is 7.12. The zero-order chi connectivity index (χ0) is 20.9. The molecule has 156 valence electrons. The Kier molecular flexibility index (Phi) is 6.95. The van der Waals surface area contributed by atoms with E-state index in [9.17, 15) is 4.79 Å². The molecule has 0 unspecified atom stereocenters. The van der Waals surface area contributed by atoms with Gasteiger partial charge in [0.2, 0.25) is 0 Å². The average molecular weight is 461 g/mol. The second-order valence-corrected chi connectivity index (χ2v) is 8.99. The molecule has 0 atom stereocenters. The number of rotatable bonds is 6. The van der Waals surface area contributed by atoms with Gasteiger partial charge < -0.3 is 9.64 Å². The molecule has 1 aromatic heterocycles. The summed E-state index contributed by atoms with van der Waals surface area (Å²) in [6.45, 7) is 4.46. The fourth-order valence-corrected chi connectivity index (χ4v) is 4.58. The lowest BCUT2D eigenvalue weighted by molar-refractivity contribution is 0.0633. The molecule has 1 fully saturated rings. The maximum Gasteiger partial charge on any atom is 0.264 e. The topological polar surface area (TPSA) is 32.8 Å². The quantitative estimate of drug-likeness (QED) is 0.480. The van der Waals surface area contributed by atoms with Gasteiger partial charge in [0.05, 0.1) is 9.90 Å². The summed E-state index contributed by atoms with van der Waals surface area (Å²) in [5, 5.41) is 3.31. The molecule has 4 nitrogen and oxygen atoms in total. The van der Waals surface area contributed by atoms with E-state index in [1.165, 1.54) is 16.9 Å². The lowest BCUT2D eigenvalue weighted by atomic mass is 10.2. The highest BCUT2D eigenvalue weighted by atomic mass is 35.5. The Bertz CT molecular complexity index is 998. The van der Waals surface area contributed by atoms with Gasteiger partial charge in [-0.15, -0.1) is 11.3 Å². The smallest absolute Gasteiger partial charge is 0.264 e. The molecule has 4 rings (SSSR count). The summed E-state index contributed by atoms with van der Waals surface area (Å²) in [7, 11) is 0. The monoisotopic (exact) mass is 460 g/mol. The van der Waals surface area contributed by atoms with E-state index in [-0.39, 0.29) is 5.91 Å². The molecule has 30 heavy (non-hydrogen) atoms. The summed E-state index contributed by atoms with van der Waals surface area (Å²) in [4.78, 5) is 17.9. The number of hydrogen-bond donors (Lipinski definition) is 0. The van der Waals surface area contributed by atoms with E-state index in [1.54, 1.807) is 6.07 Å². The second-order valence-electron chi connectivity index (χ2n) is 7.23. The van der Waals surface area contributed by atoms with E-state index >= 15 is 0 Å². The maximum absolute atomic E-state index is 12.9. The number of ether oxygens (including phenoxy) is 1. The van der Waals surface area contributed by atoms with Crippen LogP contribution in [0, 0.1) is 0 Å².